The Morgan fingerprint density at radius 1 is 1.11 bits per heavy atom. The maximum atomic E-state index is 13.0. The maximum absolute atomic E-state index is 13.0. The first kappa shape index (κ1) is 25.4. The molecule has 0 fully saturated rings. The zero-order valence-corrected chi connectivity index (χ0v) is 23.3. The van der Waals surface area contributed by atoms with E-state index in [1.54, 1.807) is 22.9 Å². The fourth-order valence-electron chi connectivity index (χ4n) is 4.70. The molecule has 6 nitrogen and oxygen atoms in total. The van der Waals surface area contributed by atoms with Crippen molar-refractivity contribution in [2.24, 2.45) is 7.05 Å². The summed E-state index contributed by atoms with van der Waals surface area (Å²) in [7, 11) is 1.88. The maximum Gasteiger partial charge on any atom is 0.163 e. The second-order valence-electron chi connectivity index (χ2n) is 10.3. The van der Waals surface area contributed by atoms with Gasteiger partial charge in [-0.05, 0) is 82.1 Å². The number of thiazole rings is 1. The van der Waals surface area contributed by atoms with Crippen molar-refractivity contribution in [1.29, 1.82) is 0 Å². The first-order valence-electron chi connectivity index (χ1n) is 12.0. The number of carbonyl (C=O) groups is 1. The Bertz CT molecular complexity index is 1660. The zero-order chi connectivity index (χ0) is 26.6. The average Bonchev–Trinajstić information content (AvgIpc) is 3.37. The summed E-state index contributed by atoms with van der Waals surface area (Å²) in [4.78, 5) is 18.0. The minimum atomic E-state index is -0.716. The second kappa shape index (κ2) is 9.24. The van der Waals surface area contributed by atoms with Crippen molar-refractivity contribution in [3.8, 4) is 21.7 Å². The molecule has 0 aliphatic carbocycles. The van der Waals surface area contributed by atoms with E-state index in [1.807, 2.05) is 83.3 Å². The van der Waals surface area contributed by atoms with Gasteiger partial charge in [0.2, 0.25) is 0 Å². The van der Waals surface area contributed by atoms with Gasteiger partial charge in [-0.15, -0.1) is 11.3 Å². The van der Waals surface area contributed by atoms with Gasteiger partial charge in [0.15, 0.2) is 11.6 Å². The van der Waals surface area contributed by atoms with E-state index in [0.717, 1.165) is 53.9 Å². The number of ketones is 1. The number of hydrogen-bond acceptors (Lipinski definition) is 6. The molecule has 37 heavy (non-hydrogen) atoms. The minimum Gasteiger partial charge on any atom is -0.382 e. The molecule has 2 N–H and O–H groups in total. The van der Waals surface area contributed by atoms with E-state index >= 15 is 0 Å². The normalized spacial score (nSPS) is 12.9. The molecule has 5 rings (SSSR count). The molecule has 0 amide bonds. The predicted molar refractivity (Wildman–Crippen MR) is 153 cm³/mol. The lowest BCUT2D eigenvalue weighted by molar-refractivity contribution is -0.138. The lowest BCUT2D eigenvalue weighted by Gasteiger charge is -2.29. The number of ether oxygens (including phenoxy) is 1. The summed E-state index contributed by atoms with van der Waals surface area (Å²) in [5.74, 6) is 0.443. The molecule has 0 bridgehead atoms. The van der Waals surface area contributed by atoms with Crippen molar-refractivity contribution < 1.29 is 9.53 Å². The molecule has 0 radical (unpaired) electrons. The van der Waals surface area contributed by atoms with Crippen LogP contribution in [0.3, 0.4) is 0 Å². The fraction of sp³-hybridized carbons (Fsp3) is 0.276. The largest absolute Gasteiger partial charge is 0.382 e. The van der Waals surface area contributed by atoms with Crippen LogP contribution in [0.25, 0.3) is 42.8 Å². The summed E-state index contributed by atoms with van der Waals surface area (Å²) >= 11 is 7.82. The summed E-state index contributed by atoms with van der Waals surface area (Å²) in [6, 6.07) is 15.8. The number of benzene rings is 3. The van der Waals surface area contributed by atoms with Gasteiger partial charge in [0, 0.05) is 34.1 Å². The van der Waals surface area contributed by atoms with E-state index in [4.69, 9.17) is 27.1 Å². The van der Waals surface area contributed by atoms with Crippen LogP contribution in [0.1, 0.15) is 44.9 Å². The number of nitrogen functional groups attached to an aromatic ring is 1. The molecule has 3 aromatic carbocycles. The Kier molecular flexibility index (Phi) is 6.34. The van der Waals surface area contributed by atoms with Gasteiger partial charge in [-0.1, -0.05) is 23.7 Å². The molecule has 8 heteroatoms. The lowest BCUT2D eigenvalue weighted by atomic mass is 9.90. The number of anilines is 1. The van der Waals surface area contributed by atoms with Gasteiger partial charge in [-0.25, -0.2) is 4.98 Å². The van der Waals surface area contributed by atoms with Gasteiger partial charge in [-0.2, -0.15) is 5.10 Å². The Balaban J connectivity index is 1.78. The molecule has 0 unspecified atom stereocenters. The molecule has 5 aromatic rings. The van der Waals surface area contributed by atoms with Crippen LogP contribution in [0, 0.1) is 6.92 Å². The number of aryl methyl sites for hydroxylation is 2. The van der Waals surface area contributed by atoms with E-state index in [1.165, 1.54) is 0 Å². The molecular weight excluding hydrogens is 504 g/mol. The summed E-state index contributed by atoms with van der Waals surface area (Å²) in [5.41, 5.74) is 12.2. The van der Waals surface area contributed by atoms with Crippen molar-refractivity contribution in [2.75, 3.05) is 5.73 Å². The summed E-state index contributed by atoms with van der Waals surface area (Å²) in [6.45, 7) is 9.48. The first-order chi connectivity index (χ1) is 17.4. The summed E-state index contributed by atoms with van der Waals surface area (Å²) < 4.78 is 9.10. The second-order valence-corrected chi connectivity index (χ2v) is 11.8. The smallest absolute Gasteiger partial charge is 0.163 e. The number of nitrogens with two attached hydrogens (primary N) is 1. The standard InChI is InChI=1S/C29H29ClN4O2S/c1-15-13-21-26(37-28(32-21)18-9-12-22-20(14-18)27(31)33-34(22)6)24(17-7-10-19(30)11-8-17)23(15)25(16(2)35)36-29(3,4)5/h7-14,25H,1-6H3,(H2,31,33)/t25-/m1/s1. The topological polar surface area (TPSA) is 83.0 Å². The number of rotatable bonds is 5. The van der Waals surface area contributed by atoms with Crippen LogP contribution in [-0.2, 0) is 16.6 Å². The SMILES string of the molecule is CC(=O)[C@@H](OC(C)(C)C)c1c(C)cc2nc(-c3ccc4c(c3)c(N)nn4C)sc2c1-c1ccc(Cl)cc1. The van der Waals surface area contributed by atoms with Crippen molar-refractivity contribution >= 4 is 55.7 Å². The number of Topliss-reactive ketones (excluding diaryl/α,β-unsaturated/α-hetero) is 1. The van der Waals surface area contributed by atoms with Gasteiger partial charge in [-0.3, -0.25) is 9.48 Å². The number of halogens is 1. The quantitative estimate of drug-likeness (QED) is 0.253. The molecule has 0 aliphatic rings. The van der Waals surface area contributed by atoms with Crippen molar-refractivity contribution in [1.82, 2.24) is 14.8 Å². The molecule has 2 aromatic heterocycles. The van der Waals surface area contributed by atoms with Crippen molar-refractivity contribution in [3.63, 3.8) is 0 Å². The highest BCUT2D eigenvalue weighted by molar-refractivity contribution is 7.22. The van der Waals surface area contributed by atoms with Gasteiger partial charge in [0.1, 0.15) is 11.1 Å². The summed E-state index contributed by atoms with van der Waals surface area (Å²) in [6.07, 6.45) is -0.716. The Morgan fingerprint density at radius 2 is 1.78 bits per heavy atom. The average molecular weight is 533 g/mol. The monoisotopic (exact) mass is 532 g/mol. The number of carbonyl (C=O) groups excluding carboxylic acids is 1. The molecular formula is C29H29ClN4O2S. The van der Waals surface area contributed by atoms with E-state index in [2.05, 4.69) is 5.10 Å². The van der Waals surface area contributed by atoms with Gasteiger partial charge in [0.25, 0.3) is 0 Å². The van der Waals surface area contributed by atoms with E-state index in [9.17, 15) is 4.79 Å². The number of hydrogen-bond donors (Lipinski definition) is 1. The van der Waals surface area contributed by atoms with E-state index in [-0.39, 0.29) is 5.78 Å². The highest BCUT2D eigenvalue weighted by Gasteiger charge is 2.30. The highest BCUT2D eigenvalue weighted by atomic mass is 35.5. The summed E-state index contributed by atoms with van der Waals surface area (Å²) in [5, 5.41) is 6.74. The van der Waals surface area contributed by atoms with Gasteiger partial charge in [0.05, 0.1) is 21.3 Å². The number of nitrogens with zero attached hydrogens (tertiary/aromatic N) is 3. The number of aromatic nitrogens is 3. The predicted octanol–water partition coefficient (Wildman–Crippen LogP) is 7.51. The third-order valence-corrected chi connectivity index (χ3v) is 7.68. The highest BCUT2D eigenvalue weighted by Crippen LogP contribution is 2.44. The molecule has 0 saturated heterocycles. The molecule has 2 heterocycles. The third kappa shape index (κ3) is 4.75. The lowest BCUT2D eigenvalue weighted by Crippen LogP contribution is -2.27. The van der Waals surface area contributed by atoms with Crippen LogP contribution < -0.4 is 5.73 Å². The van der Waals surface area contributed by atoms with Crippen LogP contribution in [0.2, 0.25) is 5.02 Å². The molecule has 0 spiro atoms. The Morgan fingerprint density at radius 3 is 2.43 bits per heavy atom. The van der Waals surface area contributed by atoms with Gasteiger partial charge < -0.3 is 10.5 Å². The van der Waals surface area contributed by atoms with Crippen LogP contribution >= 0.6 is 22.9 Å². The minimum absolute atomic E-state index is 0.0465. The first-order valence-corrected chi connectivity index (χ1v) is 13.2. The van der Waals surface area contributed by atoms with Crippen LogP contribution in [0.15, 0.2) is 48.5 Å². The van der Waals surface area contributed by atoms with Crippen LogP contribution in [0.4, 0.5) is 5.82 Å². The molecule has 190 valence electrons. The fourth-order valence-corrected chi connectivity index (χ4v) is 5.95. The molecule has 0 aliphatic heterocycles. The number of fused-ring (bicyclic) bond motifs is 2. The zero-order valence-electron chi connectivity index (χ0n) is 21.7. The Labute approximate surface area is 225 Å². The van der Waals surface area contributed by atoms with Crippen molar-refractivity contribution in [3.05, 3.63) is 64.7 Å². The van der Waals surface area contributed by atoms with Crippen LogP contribution in [0.5, 0.6) is 0 Å². The third-order valence-electron chi connectivity index (χ3n) is 6.29. The molecule has 1 atom stereocenters. The van der Waals surface area contributed by atoms with Crippen molar-refractivity contribution in [2.45, 2.75) is 46.3 Å². The van der Waals surface area contributed by atoms with E-state index in [0.29, 0.717) is 10.8 Å². The Hall–Kier alpha value is -3.26. The van der Waals surface area contributed by atoms with Gasteiger partial charge >= 0.3 is 0 Å². The van der Waals surface area contributed by atoms with Crippen LogP contribution in [-0.4, -0.2) is 26.1 Å². The van der Waals surface area contributed by atoms with E-state index < -0.39 is 11.7 Å². The molecule has 0 saturated carbocycles.